The molecular weight excluding hydrogens is 374 g/mol. The summed E-state index contributed by atoms with van der Waals surface area (Å²) in [6.45, 7) is 5.30. The molecule has 0 saturated heterocycles. The van der Waals surface area contributed by atoms with Crippen molar-refractivity contribution in [1.29, 1.82) is 0 Å². The molecular formula is C22H23NO6. The first-order valence-corrected chi connectivity index (χ1v) is 8.83. The third-order valence-corrected chi connectivity index (χ3v) is 4.11. The minimum atomic E-state index is -0.497. The molecule has 0 bridgehead atoms. The summed E-state index contributed by atoms with van der Waals surface area (Å²) in [4.78, 5) is 36.5. The number of methoxy groups -OCH3 is 1. The number of hydrogen-bond donors (Lipinski definition) is 0. The Hall–Kier alpha value is -3.61. The van der Waals surface area contributed by atoms with Crippen LogP contribution < -0.4 is 15.0 Å². The zero-order valence-electron chi connectivity index (χ0n) is 16.6. The minimum Gasteiger partial charge on any atom is -0.488 e. The molecule has 0 atom stereocenters. The molecule has 0 saturated carbocycles. The highest BCUT2D eigenvalue weighted by molar-refractivity contribution is 6.08. The molecule has 0 spiro atoms. The number of ether oxygens (including phenoxy) is 3. The number of carbonyl (C=O) groups excluding carboxylic acids is 2. The number of allylic oxidation sites excluding steroid dienone is 1. The highest BCUT2D eigenvalue weighted by atomic mass is 16.6. The Bertz CT molecular complexity index is 1000. The predicted molar refractivity (Wildman–Crippen MR) is 109 cm³/mol. The molecule has 0 fully saturated rings. The molecule has 7 nitrogen and oxygen atoms in total. The van der Waals surface area contributed by atoms with Gasteiger partial charge < -0.3 is 18.8 Å². The van der Waals surface area contributed by atoms with E-state index in [9.17, 15) is 14.4 Å². The SMILES string of the molecule is C=CCOc1cc(C)n(C)c(=O)c1C(=O)/C=C/c1cccc(OCC(=O)OC)c1. The first kappa shape index (κ1) is 21.7. The van der Waals surface area contributed by atoms with Gasteiger partial charge in [-0.15, -0.1) is 0 Å². The summed E-state index contributed by atoms with van der Waals surface area (Å²) < 4.78 is 16.8. The zero-order valence-corrected chi connectivity index (χ0v) is 16.6. The molecule has 0 amide bonds. The van der Waals surface area contributed by atoms with Gasteiger partial charge in [0.05, 0.1) is 7.11 Å². The fraction of sp³-hybridized carbons (Fsp3) is 0.227. The average molecular weight is 397 g/mol. The molecule has 2 rings (SSSR count). The van der Waals surface area contributed by atoms with Crippen molar-refractivity contribution in [2.75, 3.05) is 20.3 Å². The van der Waals surface area contributed by atoms with Crippen LogP contribution >= 0.6 is 0 Å². The predicted octanol–water partition coefficient (Wildman–Crippen LogP) is 2.71. The van der Waals surface area contributed by atoms with E-state index in [-0.39, 0.29) is 24.5 Å². The molecule has 0 N–H and O–H groups in total. The molecule has 0 aliphatic carbocycles. The molecule has 0 aliphatic rings. The van der Waals surface area contributed by atoms with Crippen molar-refractivity contribution in [3.8, 4) is 11.5 Å². The topological polar surface area (TPSA) is 83.8 Å². The monoisotopic (exact) mass is 397 g/mol. The Balaban J connectivity index is 2.27. The summed E-state index contributed by atoms with van der Waals surface area (Å²) in [5.74, 6) is -0.310. The van der Waals surface area contributed by atoms with E-state index in [4.69, 9.17) is 9.47 Å². The summed E-state index contributed by atoms with van der Waals surface area (Å²) in [6, 6.07) is 8.47. The smallest absolute Gasteiger partial charge is 0.343 e. The van der Waals surface area contributed by atoms with Crippen LogP contribution in [0.25, 0.3) is 6.08 Å². The highest BCUT2D eigenvalue weighted by Crippen LogP contribution is 2.19. The van der Waals surface area contributed by atoms with E-state index < -0.39 is 17.3 Å². The van der Waals surface area contributed by atoms with Gasteiger partial charge in [-0.1, -0.05) is 30.9 Å². The maximum absolute atomic E-state index is 12.7. The standard InChI is InChI=1S/C22H23NO6/c1-5-11-28-19-12-15(2)23(3)22(26)21(19)18(24)10-9-16-7-6-8-17(13-16)29-14-20(25)27-4/h5-10,12-13H,1,11,14H2,2-4H3/b10-9+. The fourth-order valence-electron chi connectivity index (χ4n) is 2.45. The van der Waals surface area contributed by atoms with Crippen LogP contribution in [0, 0.1) is 6.92 Å². The molecule has 1 aromatic heterocycles. The number of carbonyl (C=O) groups is 2. The van der Waals surface area contributed by atoms with Gasteiger partial charge in [0.2, 0.25) is 0 Å². The second kappa shape index (κ2) is 10.1. The van der Waals surface area contributed by atoms with Crippen LogP contribution in [0.2, 0.25) is 0 Å². The highest BCUT2D eigenvalue weighted by Gasteiger charge is 2.18. The van der Waals surface area contributed by atoms with E-state index in [2.05, 4.69) is 11.3 Å². The van der Waals surface area contributed by atoms with Gasteiger partial charge >= 0.3 is 5.97 Å². The van der Waals surface area contributed by atoms with Crippen molar-refractivity contribution >= 4 is 17.8 Å². The molecule has 1 aromatic carbocycles. The third kappa shape index (κ3) is 5.68. The molecule has 2 aromatic rings. The Labute approximate surface area is 168 Å². The molecule has 152 valence electrons. The number of ketones is 1. The van der Waals surface area contributed by atoms with Gasteiger partial charge in [0.15, 0.2) is 12.4 Å². The van der Waals surface area contributed by atoms with Crippen molar-refractivity contribution in [2.45, 2.75) is 6.92 Å². The number of aromatic nitrogens is 1. The van der Waals surface area contributed by atoms with E-state index in [1.807, 2.05) is 0 Å². The van der Waals surface area contributed by atoms with E-state index >= 15 is 0 Å². The summed E-state index contributed by atoms with van der Waals surface area (Å²) in [7, 11) is 2.87. The lowest BCUT2D eigenvalue weighted by molar-refractivity contribution is -0.142. The van der Waals surface area contributed by atoms with Crippen LogP contribution in [0.3, 0.4) is 0 Å². The number of hydrogen-bond acceptors (Lipinski definition) is 6. The largest absolute Gasteiger partial charge is 0.488 e. The maximum Gasteiger partial charge on any atom is 0.343 e. The normalized spacial score (nSPS) is 10.6. The number of esters is 1. The molecule has 0 aliphatic heterocycles. The first-order chi connectivity index (χ1) is 13.9. The zero-order chi connectivity index (χ0) is 21.4. The third-order valence-electron chi connectivity index (χ3n) is 4.11. The van der Waals surface area contributed by atoms with Crippen LogP contribution in [0.5, 0.6) is 11.5 Å². The van der Waals surface area contributed by atoms with Gasteiger partial charge in [0.25, 0.3) is 5.56 Å². The number of nitrogens with zero attached hydrogens (tertiary/aromatic N) is 1. The van der Waals surface area contributed by atoms with Crippen LogP contribution in [-0.2, 0) is 16.6 Å². The van der Waals surface area contributed by atoms with E-state index in [0.29, 0.717) is 17.0 Å². The summed E-state index contributed by atoms with van der Waals surface area (Å²) in [5.41, 5.74) is 0.853. The van der Waals surface area contributed by atoms with Crippen LogP contribution in [0.1, 0.15) is 21.6 Å². The molecule has 1 heterocycles. The number of rotatable bonds is 9. The van der Waals surface area contributed by atoms with Gasteiger partial charge in [-0.3, -0.25) is 9.59 Å². The van der Waals surface area contributed by atoms with E-state index in [0.717, 1.165) is 0 Å². The van der Waals surface area contributed by atoms with Crippen molar-refractivity contribution in [3.63, 3.8) is 0 Å². The van der Waals surface area contributed by atoms with Gasteiger partial charge in [0, 0.05) is 18.8 Å². The van der Waals surface area contributed by atoms with Crippen LogP contribution in [0.4, 0.5) is 0 Å². The van der Waals surface area contributed by atoms with Crippen molar-refractivity contribution in [2.24, 2.45) is 7.05 Å². The first-order valence-electron chi connectivity index (χ1n) is 8.83. The van der Waals surface area contributed by atoms with Crippen molar-refractivity contribution < 1.29 is 23.8 Å². The number of pyridine rings is 1. The summed E-state index contributed by atoms with van der Waals surface area (Å²) in [6.07, 6.45) is 4.40. The lowest BCUT2D eigenvalue weighted by atomic mass is 10.1. The average Bonchev–Trinajstić information content (AvgIpc) is 2.72. The molecule has 0 unspecified atom stereocenters. The van der Waals surface area contributed by atoms with Crippen LogP contribution in [0.15, 0.2) is 53.9 Å². The minimum absolute atomic E-state index is 0.0469. The fourth-order valence-corrected chi connectivity index (χ4v) is 2.45. The van der Waals surface area contributed by atoms with Gasteiger partial charge in [0.1, 0.15) is 23.7 Å². The van der Waals surface area contributed by atoms with E-state index in [1.54, 1.807) is 50.4 Å². The lowest BCUT2D eigenvalue weighted by Crippen LogP contribution is -2.26. The Morgan fingerprint density at radius 2 is 1.97 bits per heavy atom. The van der Waals surface area contributed by atoms with E-state index in [1.165, 1.54) is 23.8 Å². The second-order valence-electron chi connectivity index (χ2n) is 6.12. The quantitative estimate of drug-likeness (QED) is 0.280. The Kier molecular flexibility index (Phi) is 7.54. The molecule has 0 radical (unpaired) electrons. The Morgan fingerprint density at radius 1 is 1.21 bits per heavy atom. The summed E-state index contributed by atoms with van der Waals surface area (Å²) in [5, 5.41) is 0. The van der Waals surface area contributed by atoms with Gasteiger partial charge in [-0.25, -0.2) is 4.79 Å². The van der Waals surface area contributed by atoms with Crippen molar-refractivity contribution in [1.82, 2.24) is 4.57 Å². The molecule has 29 heavy (non-hydrogen) atoms. The maximum atomic E-state index is 12.7. The summed E-state index contributed by atoms with van der Waals surface area (Å²) >= 11 is 0. The number of aryl methyl sites for hydroxylation is 1. The second-order valence-corrected chi connectivity index (χ2v) is 6.12. The van der Waals surface area contributed by atoms with Crippen LogP contribution in [-0.4, -0.2) is 36.6 Å². The number of benzene rings is 1. The van der Waals surface area contributed by atoms with Crippen molar-refractivity contribution in [3.05, 3.63) is 76.2 Å². The van der Waals surface area contributed by atoms with Gasteiger partial charge in [-0.2, -0.15) is 0 Å². The van der Waals surface area contributed by atoms with Gasteiger partial charge in [-0.05, 0) is 30.7 Å². The Morgan fingerprint density at radius 3 is 2.66 bits per heavy atom. The lowest BCUT2D eigenvalue weighted by Gasteiger charge is -2.12. The molecule has 7 heteroatoms.